The Labute approximate surface area is 260 Å². The zero-order valence-electron chi connectivity index (χ0n) is 25.4. The largest absolute Gasteiger partial charge is 0.394 e. The van der Waals surface area contributed by atoms with Crippen LogP contribution in [0.1, 0.15) is 69.2 Å². The summed E-state index contributed by atoms with van der Waals surface area (Å²) in [6, 6.07) is 7.17. The summed E-state index contributed by atoms with van der Waals surface area (Å²) in [6.45, 7) is 6.12. The molecule has 4 aliphatic rings. The van der Waals surface area contributed by atoms with Gasteiger partial charge in [-0.3, -0.25) is 9.69 Å². The first-order valence-corrected chi connectivity index (χ1v) is 16.9. The predicted molar refractivity (Wildman–Crippen MR) is 162 cm³/mol. The molecule has 0 unspecified atom stereocenters. The lowest BCUT2D eigenvalue weighted by Crippen LogP contribution is -2.41. The lowest BCUT2D eigenvalue weighted by molar-refractivity contribution is -0.189. The number of halogens is 3. The second-order valence-electron chi connectivity index (χ2n) is 13.2. The van der Waals surface area contributed by atoms with Gasteiger partial charge in [-0.05, 0) is 89.0 Å². The zero-order valence-corrected chi connectivity index (χ0v) is 26.2. The highest BCUT2D eigenvalue weighted by molar-refractivity contribution is 7.90. The fraction of sp³-hybridized carbons (Fsp3) is 0.600. The fourth-order valence-electron chi connectivity index (χ4n) is 6.86. The standard InChI is InChI=1S/C30H38F3N7O4S/c1-28(2)18-20-6-4-14-34-22-7-3-8-24(35-22)45(43,44)37-26(41)21-9-10-23(36-25(21)40(28)19-20)39-17-16-38(27(39)42)15-5-11-29(12-13-29)30(31,32)33/h3,7-10,20H,4-6,11-19H2,1-2H3,(H,34,35)(H,37,41)/t20-/m0/s1. The third-order valence-corrected chi connectivity index (χ3v) is 10.8. The number of aromatic nitrogens is 2. The molecule has 3 fully saturated rings. The van der Waals surface area contributed by atoms with Crippen molar-refractivity contribution in [3.63, 3.8) is 0 Å². The minimum atomic E-state index is -4.32. The molecule has 0 aromatic carbocycles. The van der Waals surface area contributed by atoms with Gasteiger partial charge in [0.05, 0.1) is 11.0 Å². The van der Waals surface area contributed by atoms with E-state index < -0.39 is 33.1 Å². The summed E-state index contributed by atoms with van der Waals surface area (Å²) in [6.07, 6.45) is -1.16. The van der Waals surface area contributed by atoms with E-state index in [4.69, 9.17) is 4.98 Å². The van der Waals surface area contributed by atoms with Gasteiger partial charge in [-0.2, -0.15) is 21.6 Å². The summed E-state index contributed by atoms with van der Waals surface area (Å²) in [5.74, 6) is 0.381. The van der Waals surface area contributed by atoms with Crippen LogP contribution in [0.2, 0.25) is 0 Å². The molecule has 2 N–H and O–H groups in total. The number of fused-ring (bicyclic) bond motifs is 6. The Hall–Kier alpha value is -3.62. The first-order chi connectivity index (χ1) is 21.2. The predicted octanol–water partition coefficient (Wildman–Crippen LogP) is 4.77. The first kappa shape index (κ1) is 31.4. The lowest BCUT2D eigenvalue weighted by Gasteiger charge is -2.34. The highest BCUT2D eigenvalue weighted by Crippen LogP contribution is 2.60. The molecular weight excluding hydrogens is 611 g/mol. The number of urea groups is 1. The molecule has 1 atom stereocenters. The maximum atomic E-state index is 13.6. The molecule has 2 aromatic heterocycles. The Morgan fingerprint density at radius 1 is 1.07 bits per heavy atom. The number of sulfonamides is 1. The molecular formula is C30H38F3N7O4S. The molecule has 4 bridgehead atoms. The van der Waals surface area contributed by atoms with Gasteiger partial charge in [0.2, 0.25) is 0 Å². The smallest absolute Gasteiger partial charge is 0.370 e. The van der Waals surface area contributed by atoms with Crippen molar-refractivity contribution in [2.75, 3.05) is 47.8 Å². The molecule has 3 amide bonds. The average Bonchev–Trinajstić information content (AvgIpc) is 3.60. The number of pyridine rings is 2. The normalized spacial score (nSPS) is 23.9. The minimum Gasteiger partial charge on any atom is -0.370 e. The highest BCUT2D eigenvalue weighted by Gasteiger charge is 2.62. The Bertz CT molecular complexity index is 1600. The summed E-state index contributed by atoms with van der Waals surface area (Å²) in [5.41, 5.74) is -1.98. The molecule has 5 heterocycles. The number of hydrogen-bond donors (Lipinski definition) is 2. The van der Waals surface area contributed by atoms with Crippen LogP contribution in [0.3, 0.4) is 0 Å². The van der Waals surface area contributed by atoms with Crippen LogP contribution in [-0.4, -0.2) is 79.7 Å². The Morgan fingerprint density at radius 2 is 1.84 bits per heavy atom. The van der Waals surface area contributed by atoms with Crippen molar-refractivity contribution in [3.8, 4) is 0 Å². The van der Waals surface area contributed by atoms with E-state index in [1.165, 1.54) is 28.0 Å². The second-order valence-corrected chi connectivity index (χ2v) is 14.8. The number of amides is 3. The van der Waals surface area contributed by atoms with E-state index in [9.17, 15) is 31.2 Å². The van der Waals surface area contributed by atoms with Gasteiger partial charge in [0.1, 0.15) is 17.5 Å². The van der Waals surface area contributed by atoms with Gasteiger partial charge in [0.25, 0.3) is 15.9 Å². The van der Waals surface area contributed by atoms with Gasteiger partial charge in [0.15, 0.2) is 5.03 Å². The molecule has 3 aliphatic heterocycles. The first-order valence-electron chi connectivity index (χ1n) is 15.4. The van der Waals surface area contributed by atoms with E-state index in [1.807, 2.05) is 18.7 Å². The summed E-state index contributed by atoms with van der Waals surface area (Å²) in [4.78, 5) is 41.0. The highest BCUT2D eigenvalue weighted by atomic mass is 32.2. The quantitative estimate of drug-likeness (QED) is 0.475. The van der Waals surface area contributed by atoms with Crippen LogP contribution < -0.4 is 19.8 Å². The van der Waals surface area contributed by atoms with Crippen LogP contribution in [0.5, 0.6) is 0 Å². The SMILES string of the molecule is CC1(C)C[C@@H]2CCCNc3cccc(n3)S(=O)(=O)NC(=O)c3ccc(N4CCN(CCCC5(C(F)(F)F)CC5)C4=O)nc3N1C2. The number of anilines is 3. The summed E-state index contributed by atoms with van der Waals surface area (Å²) < 4.78 is 68.6. The Kier molecular flexibility index (Phi) is 7.89. The van der Waals surface area contributed by atoms with E-state index in [2.05, 4.69) is 15.0 Å². The number of hydrogen-bond acceptors (Lipinski definition) is 8. The monoisotopic (exact) mass is 649 g/mol. The molecule has 2 saturated heterocycles. The number of carbonyl (C=O) groups excluding carboxylic acids is 2. The van der Waals surface area contributed by atoms with Crippen molar-refractivity contribution in [1.29, 1.82) is 0 Å². The van der Waals surface area contributed by atoms with Gasteiger partial charge in [-0.25, -0.2) is 19.5 Å². The van der Waals surface area contributed by atoms with Crippen molar-refractivity contribution in [2.24, 2.45) is 11.3 Å². The zero-order chi connectivity index (χ0) is 32.2. The maximum absolute atomic E-state index is 13.6. The topological polar surface area (TPSA) is 128 Å². The third-order valence-electron chi connectivity index (χ3n) is 9.55. The van der Waals surface area contributed by atoms with Crippen molar-refractivity contribution >= 4 is 39.4 Å². The van der Waals surface area contributed by atoms with E-state index in [1.54, 1.807) is 12.1 Å². The molecule has 11 nitrogen and oxygen atoms in total. The van der Waals surface area contributed by atoms with Crippen LogP contribution in [0.25, 0.3) is 0 Å². The molecule has 2 aromatic rings. The fourth-order valence-corrected chi connectivity index (χ4v) is 7.80. The van der Waals surface area contributed by atoms with Crippen molar-refractivity contribution in [3.05, 3.63) is 35.9 Å². The van der Waals surface area contributed by atoms with Gasteiger partial charge in [-0.15, -0.1) is 0 Å². The van der Waals surface area contributed by atoms with Gasteiger partial charge < -0.3 is 15.1 Å². The van der Waals surface area contributed by atoms with Crippen LogP contribution >= 0.6 is 0 Å². The van der Waals surface area contributed by atoms with E-state index in [0.29, 0.717) is 31.3 Å². The molecule has 244 valence electrons. The number of rotatable bonds is 5. The van der Waals surface area contributed by atoms with Gasteiger partial charge in [-0.1, -0.05) is 6.07 Å². The second kappa shape index (κ2) is 11.3. The number of nitrogens with one attached hydrogen (secondary N) is 2. The van der Waals surface area contributed by atoms with Crippen molar-refractivity contribution < 1.29 is 31.2 Å². The molecule has 1 aliphatic carbocycles. The average molecular weight is 650 g/mol. The summed E-state index contributed by atoms with van der Waals surface area (Å²) in [7, 11) is -4.32. The van der Waals surface area contributed by atoms with Crippen LogP contribution in [0.4, 0.5) is 35.4 Å². The van der Waals surface area contributed by atoms with E-state index in [0.717, 1.165) is 19.3 Å². The summed E-state index contributed by atoms with van der Waals surface area (Å²) >= 11 is 0. The Balaban J connectivity index is 1.27. The molecule has 45 heavy (non-hydrogen) atoms. The van der Waals surface area contributed by atoms with Crippen LogP contribution in [-0.2, 0) is 10.0 Å². The van der Waals surface area contributed by atoms with E-state index >= 15 is 0 Å². The number of alkyl halides is 3. The molecule has 6 rings (SSSR count). The van der Waals surface area contributed by atoms with Crippen LogP contribution in [0.15, 0.2) is 35.4 Å². The molecule has 0 radical (unpaired) electrons. The van der Waals surface area contributed by atoms with Gasteiger partial charge in [0, 0.05) is 38.3 Å². The van der Waals surface area contributed by atoms with E-state index in [-0.39, 0.29) is 67.1 Å². The molecule has 1 saturated carbocycles. The number of nitrogens with zero attached hydrogens (tertiary/aromatic N) is 5. The number of carbonyl (C=O) groups is 2. The minimum absolute atomic E-state index is 0.00349. The summed E-state index contributed by atoms with van der Waals surface area (Å²) in [5, 5.41) is 2.87. The van der Waals surface area contributed by atoms with Crippen LogP contribution in [0, 0.1) is 11.3 Å². The molecule has 0 spiro atoms. The third kappa shape index (κ3) is 6.15. The lowest BCUT2D eigenvalue weighted by atomic mass is 9.93. The van der Waals surface area contributed by atoms with Crippen molar-refractivity contribution in [2.45, 2.75) is 75.5 Å². The van der Waals surface area contributed by atoms with Gasteiger partial charge >= 0.3 is 12.2 Å². The molecule has 15 heteroatoms. The Morgan fingerprint density at radius 3 is 2.58 bits per heavy atom. The van der Waals surface area contributed by atoms with Crippen molar-refractivity contribution in [1.82, 2.24) is 19.6 Å². The maximum Gasteiger partial charge on any atom is 0.394 e.